The normalized spacial score (nSPS) is 11.7. The molecule has 1 aromatic carbocycles. The molecular formula is C21H24N8O2S. The largest absolute Gasteiger partial charge is 0.340 e. The van der Waals surface area contributed by atoms with Gasteiger partial charge in [-0.2, -0.15) is 8.42 Å². The van der Waals surface area contributed by atoms with Gasteiger partial charge in [0, 0.05) is 49.0 Å². The van der Waals surface area contributed by atoms with Crippen LogP contribution in [0.1, 0.15) is 31.4 Å². The fourth-order valence-corrected chi connectivity index (χ4v) is 4.32. The Hall–Kier alpha value is -3.73. The summed E-state index contributed by atoms with van der Waals surface area (Å²) in [6, 6.07) is 8.68. The Bertz CT molecular complexity index is 1340. The van der Waals surface area contributed by atoms with Crippen molar-refractivity contribution in [2.75, 3.05) is 10.0 Å². The molecule has 0 unspecified atom stereocenters. The van der Waals surface area contributed by atoms with Gasteiger partial charge in [0.25, 0.3) is 10.0 Å². The lowest BCUT2D eigenvalue weighted by Crippen LogP contribution is -2.13. The number of anilines is 3. The van der Waals surface area contributed by atoms with Gasteiger partial charge in [-0.1, -0.05) is 13.8 Å². The van der Waals surface area contributed by atoms with E-state index in [1.807, 2.05) is 31.5 Å². The molecule has 0 aliphatic rings. The fraction of sp³-hybridized carbons (Fsp3) is 0.238. The maximum absolute atomic E-state index is 12.7. The Labute approximate surface area is 186 Å². The van der Waals surface area contributed by atoms with Crippen molar-refractivity contribution in [3.63, 3.8) is 0 Å². The summed E-state index contributed by atoms with van der Waals surface area (Å²) in [4.78, 5) is 17.0. The van der Waals surface area contributed by atoms with E-state index in [0.29, 0.717) is 23.1 Å². The lowest BCUT2D eigenvalue weighted by Gasteiger charge is -2.10. The molecule has 0 amide bonds. The number of benzene rings is 1. The first-order valence-corrected chi connectivity index (χ1v) is 11.5. The second-order valence-electron chi connectivity index (χ2n) is 7.62. The lowest BCUT2D eigenvalue weighted by atomic mass is 10.2. The SMILES string of the molecule is Cc1nccn1-c1cc(Nc2ccc(NS(=O)(=O)c3cn(C)c(C(C)C)n3)cc2)ncn1. The molecule has 0 aliphatic heterocycles. The number of imidazole rings is 2. The number of sulfonamides is 1. The Morgan fingerprint density at radius 1 is 1.03 bits per heavy atom. The van der Waals surface area contributed by atoms with Gasteiger partial charge < -0.3 is 9.88 Å². The maximum Gasteiger partial charge on any atom is 0.280 e. The zero-order valence-corrected chi connectivity index (χ0v) is 19.0. The van der Waals surface area contributed by atoms with E-state index in [1.54, 1.807) is 48.1 Å². The summed E-state index contributed by atoms with van der Waals surface area (Å²) >= 11 is 0. The van der Waals surface area contributed by atoms with Gasteiger partial charge in [-0.15, -0.1) is 0 Å². The minimum absolute atomic E-state index is 0.00536. The standard InChI is InChI=1S/C21H24N8O2S/c1-14(2)21-26-20(12-28(21)4)32(30,31)27-17-7-5-16(6-8-17)25-18-11-19(24-13-23-18)29-10-9-22-15(29)3/h5-14,27H,1-4H3,(H,23,24,25). The fourth-order valence-electron chi connectivity index (χ4n) is 3.26. The Kier molecular flexibility index (Phi) is 5.66. The van der Waals surface area contributed by atoms with Gasteiger partial charge in [-0.25, -0.2) is 19.9 Å². The van der Waals surface area contributed by atoms with Crippen LogP contribution in [0.15, 0.2) is 60.3 Å². The maximum atomic E-state index is 12.7. The highest BCUT2D eigenvalue weighted by Crippen LogP contribution is 2.22. The van der Waals surface area contributed by atoms with Crippen LogP contribution in [-0.2, 0) is 17.1 Å². The first-order valence-electron chi connectivity index (χ1n) is 9.98. The summed E-state index contributed by atoms with van der Waals surface area (Å²) in [5, 5.41) is 3.19. The van der Waals surface area contributed by atoms with Crippen LogP contribution in [0.2, 0.25) is 0 Å². The van der Waals surface area contributed by atoms with Crippen LogP contribution < -0.4 is 10.0 Å². The first-order chi connectivity index (χ1) is 15.2. The molecule has 2 N–H and O–H groups in total. The van der Waals surface area contributed by atoms with Crippen LogP contribution in [0.25, 0.3) is 5.82 Å². The first kappa shape index (κ1) is 21.5. The van der Waals surface area contributed by atoms with Gasteiger partial charge >= 0.3 is 0 Å². The number of hydrogen-bond acceptors (Lipinski definition) is 7. The van der Waals surface area contributed by atoms with Crippen LogP contribution in [0.3, 0.4) is 0 Å². The van der Waals surface area contributed by atoms with Gasteiger partial charge in [0.2, 0.25) is 0 Å². The third kappa shape index (κ3) is 4.47. The number of nitrogens with one attached hydrogen (secondary N) is 2. The highest BCUT2D eigenvalue weighted by molar-refractivity contribution is 7.92. The number of hydrogen-bond donors (Lipinski definition) is 2. The second-order valence-corrected chi connectivity index (χ2v) is 9.25. The van der Waals surface area contributed by atoms with E-state index < -0.39 is 10.0 Å². The smallest absolute Gasteiger partial charge is 0.280 e. The van der Waals surface area contributed by atoms with Crippen LogP contribution >= 0.6 is 0 Å². The minimum Gasteiger partial charge on any atom is -0.340 e. The van der Waals surface area contributed by atoms with Crippen molar-refractivity contribution < 1.29 is 8.42 Å². The van der Waals surface area contributed by atoms with E-state index in [-0.39, 0.29) is 10.9 Å². The molecule has 0 bridgehead atoms. The van der Waals surface area contributed by atoms with Gasteiger partial charge in [0.05, 0.1) is 0 Å². The summed E-state index contributed by atoms with van der Waals surface area (Å²) in [6.45, 7) is 5.83. The molecule has 0 atom stereocenters. The average molecular weight is 453 g/mol. The Balaban J connectivity index is 1.48. The highest BCUT2D eigenvalue weighted by atomic mass is 32.2. The number of rotatable bonds is 7. The third-order valence-corrected chi connectivity index (χ3v) is 6.07. The van der Waals surface area contributed by atoms with Crippen LogP contribution in [0, 0.1) is 6.92 Å². The van der Waals surface area contributed by atoms with Gasteiger partial charge in [-0.05, 0) is 31.2 Å². The summed E-state index contributed by atoms with van der Waals surface area (Å²) in [5.74, 6) is 2.94. The van der Waals surface area contributed by atoms with E-state index in [4.69, 9.17) is 0 Å². The van der Waals surface area contributed by atoms with E-state index >= 15 is 0 Å². The molecule has 4 aromatic rings. The van der Waals surface area contributed by atoms with Crippen LogP contribution in [-0.4, -0.2) is 37.5 Å². The van der Waals surface area contributed by atoms with E-state index in [0.717, 1.165) is 11.5 Å². The van der Waals surface area contributed by atoms with Crippen molar-refractivity contribution in [1.82, 2.24) is 29.1 Å². The van der Waals surface area contributed by atoms with Crippen molar-refractivity contribution in [1.29, 1.82) is 0 Å². The molecule has 3 heterocycles. The molecular weight excluding hydrogens is 428 g/mol. The number of nitrogens with zero attached hydrogens (tertiary/aromatic N) is 6. The zero-order chi connectivity index (χ0) is 22.9. The van der Waals surface area contributed by atoms with Gasteiger partial charge in [0.15, 0.2) is 5.03 Å². The summed E-state index contributed by atoms with van der Waals surface area (Å²) in [7, 11) is -2.00. The lowest BCUT2D eigenvalue weighted by molar-refractivity contribution is 0.597. The van der Waals surface area contributed by atoms with Crippen molar-refractivity contribution in [2.24, 2.45) is 7.05 Å². The van der Waals surface area contributed by atoms with Gasteiger partial charge in [0.1, 0.15) is 29.6 Å². The van der Waals surface area contributed by atoms with Crippen molar-refractivity contribution >= 4 is 27.2 Å². The summed E-state index contributed by atoms with van der Waals surface area (Å²) in [5.41, 5.74) is 1.18. The Morgan fingerprint density at radius 2 is 1.75 bits per heavy atom. The average Bonchev–Trinajstić information content (AvgIpc) is 3.35. The molecule has 32 heavy (non-hydrogen) atoms. The number of aryl methyl sites for hydroxylation is 2. The molecule has 0 radical (unpaired) electrons. The zero-order valence-electron chi connectivity index (χ0n) is 18.2. The Morgan fingerprint density at radius 3 is 2.38 bits per heavy atom. The van der Waals surface area contributed by atoms with E-state index in [2.05, 4.69) is 30.0 Å². The summed E-state index contributed by atoms with van der Waals surface area (Å²) in [6.07, 6.45) is 6.52. The van der Waals surface area contributed by atoms with Crippen molar-refractivity contribution in [2.45, 2.75) is 31.7 Å². The number of aromatic nitrogens is 6. The molecule has 3 aromatic heterocycles. The van der Waals surface area contributed by atoms with Crippen LogP contribution in [0.4, 0.5) is 17.2 Å². The van der Waals surface area contributed by atoms with Crippen molar-refractivity contribution in [3.8, 4) is 5.82 Å². The quantitative estimate of drug-likeness (QED) is 0.441. The third-order valence-electron chi connectivity index (χ3n) is 4.82. The highest BCUT2D eigenvalue weighted by Gasteiger charge is 2.20. The minimum atomic E-state index is -3.79. The topological polar surface area (TPSA) is 120 Å². The van der Waals surface area contributed by atoms with E-state index in [9.17, 15) is 8.42 Å². The summed E-state index contributed by atoms with van der Waals surface area (Å²) < 4.78 is 31.6. The molecule has 11 heteroatoms. The van der Waals surface area contributed by atoms with Gasteiger partial charge in [-0.3, -0.25) is 9.29 Å². The molecule has 0 fully saturated rings. The van der Waals surface area contributed by atoms with Crippen LogP contribution in [0.5, 0.6) is 0 Å². The molecule has 10 nitrogen and oxygen atoms in total. The monoisotopic (exact) mass is 452 g/mol. The molecule has 0 spiro atoms. The molecule has 0 aliphatic carbocycles. The molecule has 0 saturated carbocycles. The molecule has 4 rings (SSSR count). The predicted molar refractivity (Wildman–Crippen MR) is 122 cm³/mol. The van der Waals surface area contributed by atoms with E-state index in [1.165, 1.54) is 12.5 Å². The van der Waals surface area contributed by atoms with Crippen molar-refractivity contribution in [3.05, 3.63) is 66.9 Å². The predicted octanol–water partition coefficient (Wildman–Crippen LogP) is 3.37. The molecule has 0 saturated heterocycles. The molecule has 166 valence electrons. The second kappa shape index (κ2) is 8.42.